The third-order valence-corrected chi connectivity index (χ3v) is 15.1. The Morgan fingerprint density at radius 2 is 0.958 bits per heavy atom. The van der Waals surface area contributed by atoms with E-state index < -0.39 is 150 Å². The molecule has 1 aliphatic heterocycles. The zero-order chi connectivity index (χ0) is 56.2. The Labute approximate surface area is 426 Å². The molecule has 6 atom stereocenters. The number of hydrogen-bond donors (Lipinski definition) is 6. The summed E-state index contributed by atoms with van der Waals surface area (Å²) in [5.74, 6) is -6.00. The number of alkyl carbamates (subject to hydrolysis) is 5. The Bertz CT molecular complexity index is 2030. The summed E-state index contributed by atoms with van der Waals surface area (Å²) in [5.41, 5.74) is -8.54. The van der Waals surface area contributed by atoms with E-state index in [0.717, 1.165) is 0 Å². The number of aliphatic hydroxyl groups is 1. The number of rotatable bonds is 9. The van der Waals surface area contributed by atoms with Crippen molar-refractivity contribution in [3.63, 3.8) is 0 Å². The molecule has 1 fully saturated rings. The van der Waals surface area contributed by atoms with Gasteiger partial charge in [0.1, 0.15) is 45.7 Å². The molecular weight excluding hydrogens is 957 g/mol. The van der Waals surface area contributed by atoms with Crippen LogP contribution in [0.1, 0.15) is 145 Å². The molecule has 23 nitrogen and oxygen atoms in total. The molecule has 1 saturated carbocycles. The lowest BCUT2D eigenvalue weighted by molar-refractivity contribution is -0.129. The van der Waals surface area contributed by atoms with E-state index >= 15 is 4.79 Å². The van der Waals surface area contributed by atoms with Gasteiger partial charge < -0.3 is 48.6 Å². The van der Waals surface area contributed by atoms with Crippen LogP contribution in [-0.4, -0.2) is 144 Å². The molecule has 6 amide bonds. The fourth-order valence-electron chi connectivity index (χ4n) is 7.27. The van der Waals surface area contributed by atoms with Crippen LogP contribution in [0.2, 0.25) is 18.1 Å². The largest absolute Gasteiger partial charge is 0.444 e. The molecule has 6 N–H and O–H groups in total. The van der Waals surface area contributed by atoms with Gasteiger partial charge in [-0.2, -0.15) is 0 Å². The number of hydrogen-bond acceptors (Lipinski definition) is 17. The highest BCUT2D eigenvalue weighted by molar-refractivity contribution is 6.74. The summed E-state index contributed by atoms with van der Waals surface area (Å²) in [6.45, 7) is 37.2. The lowest BCUT2D eigenvalue weighted by Crippen LogP contribution is -2.62. The third-order valence-electron chi connectivity index (χ3n) is 10.7. The van der Waals surface area contributed by atoms with Gasteiger partial charge in [0, 0.05) is 19.0 Å². The van der Waals surface area contributed by atoms with Gasteiger partial charge in [-0.1, -0.05) is 20.8 Å². The second kappa shape index (κ2) is 22.5. The van der Waals surface area contributed by atoms with Crippen LogP contribution in [-0.2, 0) is 37.6 Å². The number of amides is 6. The van der Waals surface area contributed by atoms with Gasteiger partial charge in [0.2, 0.25) is 11.9 Å². The van der Waals surface area contributed by atoms with Crippen LogP contribution in [0, 0.1) is 17.8 Å². The van der Waals surface area contributed by atoms with Gasteiger partial charge in [-0.05, 0) is 149 Å². The Morgan fingerprint density at radius 1 is 0.583 bits per heavy atom. The fraction of sp³-hybridized carbons (Fsp3) is 0.812. The minimum Gasteiger partial charge on any atom is -0.444 e. The molecule has 0 aromatic heterocycles. The average Bonchev–Trinajstić information content (AvgIpc) is 3.51. The highest BCUT2D eigenvalue weighted by atomic mass is 28.4. The normalized spacial score (nSPS) is 21.9. The minimum atomic E-state index is -3.13. The van der Waals surface area contributed by atoms with Gasteiger partial charge in [-0.3, -0.25) is 20.7 Å². The van der Waals surface area contributed by atoms with Crippen molar-refractivity contribution < 1.29 is 71.5 Å². The van der Waals surface area contributed by atoms with Crippen molar-refractivity contribution in [3.8, 4) is 0 Å². The predicted molar refractivity (Wildman–Crippen MR) is 271 cm³/mol. The number of carbonyl (C=O) groups excluding carboxylic acids is 7. The number of guanidine groups is 2. The van der Waals surface area contributed by atoms with Crippen LogP contribution < -0.4 is 26.6 Å². The van der Waals surface area contributed by atoms with Gasteiger partial charge in [0.15, 0.2) is 20.3 Å². The number of ether oxygens (including phenoxy) is 6. The molecule has 412 valence electrons. The molecule has 2 rings (SSSR count). The standard InChI is InChI=1S/C48H86N8O15Si/c1-41(2,3)65-35(59)50-24-27-28(25-51-36(60)66-42(4,5)6)31(71-72(22,23)47(19,20)21)48(32(58)56(40(64)70-46(16,17)18)34(55-48)54-39(63)69-45(13,14)15)30(27)29(57)26-49-33(52-37(61)67-43(7,8)9)53-38(62)68-44(10,11)12/h27-28,30-32,58H,24-26H2,1-23H3,(H,50,59)(H,51,60)(H,54,55,63)(H2,49,52,53,61,62)/t27-,28-,30-,31+,32+,48-/m1/s1. The summed E-state index contributed by atoms with van der Waals surface area (Å²) in [7, 11) is -3.13. The number of Topliss-reactive ketones (excluding diaryl/α,β-unsaturated/α-hetero) is 1. The maximum atomic E-state index is 15.6. The zero-order valence-electron chi connectivity index (χ0n) is 47.0. The summed E-state index contributed by atoms with van der Waals surface area (Å²) >= 11 is 0. The van der Waals surface area contributed by atoms with E-state index in [2.05, 4.69) is 31.6 Å². The Morgan fingerprint density at radius 3 is 1.35 bits per heavy atom. The molecule has 0 aromatic rings. The molecule has 72 heavy (non-hydrogen) atoms. The maximum Gasteiger partial charge on any atom is 0.419 e. The summed E-state index contributed by atoms with van der Waals surface area (Å²) in [4.78, 5) is 107. The predicted octanol–water partition coefficient (Wildman–Crippen LogP) is 7.45. The smallest absolute Gasteiger partial charge is 0.419 e. The summed E-state index contributed by atoms with van der Waals surface area (Å²) in [6.07, 6.45) is -9.81. The first-order valence-electron chi connectivity index (χ1n) is 24.1. The highest BCUT2D eigenvalue weighted by Crippen LogP contribution is 2.55. The zero-order valence-corrected chi connectivity index (χ0v) is 48.0. The van der Waals surface area contributed by atoms with Gasteiger partial charge >= 0.3 is 36.6 Å². The molecule has 0 unspecified atom stereocenters. The van der Waals surface area contributed by atoms with E-state index in [1.165, 1.54) is 0 Å². The number of ketones is 1. The van der Waals surface area contributed by atoms with Crippen LogP contribution in [0.25, 0.3) is 0 Å². The van der Waals surface area contributed by atoms with E-state index in [9.17, 15) is 33.9 Å². The van der Waals surface area contributed by atoms with Crippen molar-refractivity contribution in [3.05, 3.63) is 0 Å². The van der Waals surface area contributed by atoms with Gasteiger partial charge in [-0.15, -0.1) is 0 Å². The maximum absolute atomic E-state index is 15.6. The Hall–Kier alpha value is -5.23. The molecule has 24 heteroatoms. The van der Waals surface area contributed by atoms with Crippen molar-refractivity contribution in [2.75, 3.05) is 19.6 Å². The van der Waals surface area contributed by atoms with E-state index in [4.69, 9.17) is 37.8 Å². The number of nitrogens with one attached hydrogen (secondary N) is 5. The molecule has 0 saturated heterocycles. The van der Waals surface area contributed by atoms with Gasteiger partial charge in [-0.25, -0.2) is 43.7 Å². The SMILES string of the molecule is CC(C)(C)OC(=O)NC[C@@H]1[C@@H](CNC(=O)OC(C)(C)C)[C@H](C(=O)CN=C(NC(=O)OC(C)(C)C)NC(=O)OC(C)(C)C)[C@@]2(N=C(NC(=O)OC(C)(C)C)N(C(=O)OC(C)(C)C)[C@H]2O)[C@H]1O[Si](C)(C)C(C)(C)C. The molecule has 1 heterocycles. The van der Waals surface area contributed by atoms with Crippen LogP contribution in [0.5, 0.6) is 0 Å². The summed E-state index contributed by atoms with van der Waals surface area (Å²) < 4.78 is 40.7. The van der Waals surface area contributed by atoms with Crippen molar-refractivity contribution in [1.82, 2.24) is 31.5 Å². The first-order chi connectivity index (χ1) is 32.1. The van der Waals surface area contributed by atoms with Crippen LogP contribution in [0.4, 0.5) is 28.8 Å². The quantitative estimate of drug-likeness (QED) is 0.0566. The average molecular weight is 1040 g/mol. The lowest BCUT2D eigenvalue weighted by Gasteiger charge is -2.45. The second-order valence-corrected chi connectivity index (χ2v) is 30.2. The van der Waals surface area contributed by atoms with Crippen molar-refractivity contribution in [2.45, 2.75) is 215 Å². The monoisotopic (exact) mass is 1040 g/mol. The molecular formula is C48H86N8O15Si. The Kier molecular flexibility index (Phi) is 19.6. The van der Waals surface area contributed by atoms with Crippen molar-refractivity contribution in [1.29, 1.82) is 0 Å². The minimum absolute atomic E-state index is 0.335. The van der Waals surface area contributed by atoms with E-state index in [-0.39, 0.29) is 6.54 Å². The van der Waals surface area contributed by atoms with E-state index in [1.54, 1.807) is 125 Å². The van der Waals surface area contributed by atoms with Gasteiger partial charge in [0.25, 0.3) is 0 Å². The molecule has 0 radical (unpaired) electrons. The van der Waals surface area contributed by atoms with Crippen molar-refractivity contribution in [2.24, 2.45) is 27.7 Å². The number of aliphatic imine (C=N–C) groups is 2. The van der Waals surface area contributed by atoms with E-state index in [0.29, 0.717) is 4.90 Å². The number of carbonyl (C=O) groups is 7. The molecule has 0 aromatic carbocycles. The molecule has 1 aliphatic carbocycles. The lowest BCUT2D eigenvalue weighted by atomic mass is 9.78. The molecule has 1 spiro atoms. The van der Waals surface area contributed by atoms with Crippen LogP contribution in [0.15, 0.2) is 9.98 Å². The summed E-state index contributed by atoms with van der Waals surface area (Å²) in [6, 6.07) is 0. The molecule has 0 bridgehead atoms. The number of aliphatic hydroxyl groups excluding tert-OH is 1. The second-order valence-electron chi connectivity index (χ2n) is 25.4. The van der Waals surface area contributed by atoms with Crippen molar-refractivity contribution >= 4 is 62.6 Å². The highest BCUT2D eigenvalue weighted by Gasteiger charge is 2.72. The first-order valence-corrected chi connectivity index (χ1v) is 27.0. The van der Waals surface area contributed by atoms with E-state index in [1.807, 2.05) is 33.9 Å². The number of nitrogens with zero attached hydrogens (tertiary/aromatic N) is 3. The summed E-state index contributed by atoms with van der Waals surface area (Å²) in [5, 5.41) is 25.3. The van der Waals surface area contributed by atoms with Gasteiger partial charge in [0.05, 0.1) is 12.0 Å². The fourth-order valence-corrected chi connectivity index (χ4v) is 8.62. The third kappa shape index (κ3) is 19.3. The Balaban J connectivity index is 3.28. The van der Waals surface area contributed by atoms with Crippen LogP contribution >= 0.6 is 0 Å². The molecule has 2 aliphatic rings. The topological polar surface area (TPSA) is 292 Å². The van der Waals surface area contributed by atoms with Crippen LogP contribution in [0.3, 0.4) is 0 Å². The first kappa shape index (κ1) is 62.9.